The van der Waals surface area contributed by atoms with E-state index in [2.05, 4.69) is 10.1 Å². The molecule has 11 nitrogen and oxygen atoms in total. The van der Waals surface area contributed by atoms with Crippen LogP contribution in [0.1, 0.15) is 27.4 Å². The molecule has 0 unspecified atom stereocenters. The molecule has 3 heterocycles. The summed E-state index contributed by atoms with van der Waals surface area (Å²) in [6.07, 6.45) is 3.44. The van der Waals surface area contributed by atoms with Gasteiger partial charge in [0.2, 0.25) is 5.76 Å². The number of benzene rings is 2. The molecule has 2 aromatic heterocycles. The van der Waals surface area contributed by atoms with Crippen molar-refractivity contribution in [2.24, 2.45) is 0 Å². The van der Waals surface area contributed by atoms with Crippen molar-refractivity contribution in [2.45, 2.75) is 13.1 Å². The van der Waals surface area contributed by atoms with Gasteiger partial charge in [0, 0.05) is 34.8 Å². The van der Waals surface area contributed by atoms with E-state index in [9.17, 15) is 24.5 Å². The third kappa shape index (κ3) is 4.57. The number of amides is 3. The van der Waals surface area contributed by atoms with E-state index in [1.807, 2.05) is 35.0 Å². The fourth-order valence-corrected chi connectivity index (χ4v) is 4.14. The number of ether oxygens (including phenoxy) is 1. The predicted molar refractivity (Wildman–Crippen MR) is 131 cm³/mol. The number of furan rings is 1. The number of fused-ring (bicyclic) bond motifs is 1. The van der Waals surface area contributed by atoms with Crippen LogP contribution in [-0.4, -0.2) is 39.4 Å². The lowest BCUT2D eigenvalue weighted by atomic mass is 10.1. The van der Waals surface area contributed by atoms with Gasteiger partial charge in [0.1, 0.15) is 11.5 Å². The molecule has 37 heavy (non-hydrogen) atoms. The topological polar surface area (TPSA) is 137 Å². The number of nitro benzene ring substituents is 1. The molecule has 186 valence electrons. The van der Waals surface area contributed by atoms with Gasteiger partial charge in [0.25, 0.3) is 11.6 Å². The fourth-order valence-electron chi connectivity index (χ4n) is 4.14. The van der Waals surface area contributed by atoms with E-state index in [0.29, 0.717) is 23.4 Å². The first-order valence-electron chi connectivity index (χ1n) is 11.2. The maximum atomic E-state index is 13.0. The number of imide groups is 1. The number of carbonyl (C=O) groups is 3. The van der Waals surface area contributed by atoms with Gasteiger partial charge in [-0.3, -0.25) is 19.8 Å². The number of esters is 1. The number of rotatable bonds is 7. The van der Waals surface area contributed by atoms with E-state index in [1.54, 1.807) is 18.2 Å². The minimum absolute atomic E-state index is 0.0250. The fraction of sp³-hybridized carbons (Fsp3) is 0.115. The predicted octanol–water partition coefficient (Wildman–Crippen LogP) is 4.07. The van der Waals surface area contributed by atoms with Crippen molar-refractivity contribution >= 4 is 40.6 Å². The number of carbonyl (C=O) groups excluding carboxylic acids is 3. The summed E-state index contributed by atoms with van der Waals surface area (Å²) in [4.78, 5) is 48.7. The molecule has 2 aromatic carbocycles. The number of nitrogens with zero attached hydrogens (tertiary/aromatic N) is 3. The summed E-state index contributed by atoms with van der Waals surface area (Å²) in [5.41, 5.74) is 2.19. The molecular formula is C26H20N4O7. The van der Waals surface area contributed by atoms with Crippen molar-refractivity contribution in [1.82, 2.24) is 14.8 Å². The summed E-state index contributed by atoms with van der Waals surface area (Å²) in [6, 6.07) is 15.9. The van der Waals surface area contributed by atoms with Crippen molar-refractivity contribution in [3.63, 3.8) is 0 Å². The van der Waals surface area contributed by atoms with Gasteiger partial charge in [-0.15, -0.1) is 0 Å². The molecule has 0 radical (unpaired) electrons. The van der Waals surface area contributed by atoms with Crippen LogP contribution in [0.3, 0.4) is 0 Å². The Kier molecular flexibility index (Phi) is 6.02. The number of nitrogens with one attached hydrogen (secondary N) is 1. The third-order valence-corrected chi connectivity index (χ3v) is 5.94. The van der Waals surface area contributed by atoms with Crippen molar-refractivity contribution in [1.29, 1.82) is 0 Å². The van der Waals surface area contributed by atoms with Gasteiger partial charge >= 0.3 is 12.0 Å². The molecule has 4 aromatic rings. The molecule has 11 heteroatoms. The molecule has 1 N–H and O–H groups in total. The zero-order valence-electron chi connectivity index (χ0n) is 19.5. The Balaban J connectivity index is 1.40. The average Bonchev–Trinajstić information content (AvgIpc) is 3.58. The Labute approximate surface area is 209 Å². The molecule has 3 amide bonds. The first-order valence-corrected chi connectivity index (χ1v) is 11.2. The van der Waals surface area contributed by atoms with E-state index in [1.165, 1.54) is 31.4 Å². The molecule has 0 atom stereocenters. The molecular weight excluding hydrogens is 480 g/mol. The van der Waals surface area contributed by atoms with E-state index in [-0.39, 0.29) is 23.7 Å². The highest BCUT2D eigenvalue weighted by molar-refractivity contribution is 6.14. The van der Waals surface area contributed by atoms with Crippen LogP contribution in [0.25, 0.3) is 17.0 Å². The molecule has 1 fully saturated rings. The van der Waals surface area contributed by atoms with Crippen LogP contribution in [-0.2, 0) is 22.6 Å². The SMILES string of the molecule is COC(=O)c1ccc(Cn2cc(/C=C3\NC(=O)N(Cc4ccc([N+](=O)[O-])cc4)C3=O)c3ccccc32)o1. The Morgan fingerprint density at radius 2 is 1.84 bits per heavy atom. The summed E-state index contributed by atoms with van der Waals surface area (Å²) in [5.74, 6) is -0.430. The van der Waals surface area contributed by atoms with Crippen LogP contribution >= 0.6 is 0 Å². The largest absolute Gasteiger partial charge is 0.463 e. The summed E-state index contributed by atoms with van der Waals surface area (Å²) >= 11 is 0. The van der Waals surface area contributed by atoms with E-state index in [0.717, 1.165) is 15.8 Å². The molecule has 1 aliphatic heterocycles. The van der Waals surface area contributed by atoms with Gasteiger partial charge in [-0.25, -0.2) is 9.59 Å². The highest BCUT2D eigenvalue weighted by Crippen LogP contribution is 2.26. The van der Waals surface area contributed by atoms with Crippen LogP contribution in [0, 0.1) is 10.1 Å². The quantitative estimate of drug-likeness (QED) is 0.133. The van der Waals surface area contributed by atoms with Gasteiger partial charge in [-0.1, -0.05) is 30.3 Å². The number of hydrogen-bond donors (Lipinski definition) is 1. The van der Waals surface area contributed by atoms with Gasteiger partial charge in [0.05, 0.1) is 25.1 Å². The number of nitro groups is 1. The maximum Gasteiger partial charge on any atom is 0.373 e. The van der Waals surface area contributed by atoms with Crippen molar-refractivity contribution in [3.8, 4) is 0 Å². The smallest absolute Gasteiger partial charge is 0.373 e. The lowest BCUT2D eigenvalue weighted by Gasteiger charge is -2.11. The minimum atomic E-state index is -0.579. The molecule has 1 aliphatic rings. The zero-order chi connectivity index (χ0) is 26.1. The number of para-hydroxylation sites is 1. The van der Waals surface area contributed by atoms with Gasteiger partial charge in [-0.05, 0) is 29.8 Å². The molecule has 0 saturated carbocycles. The lowest BCUT2D eigenvalue weighted by Crippen LogP contribution is -2.30. The van der Waals surface area contributed by atoms with Crippen molar-refractivity contribution in [3.05, 3.63) is 105 Å². The Morgan fingerprint density at radius 1 is 1.08 bits per heavy atom. The third-order valence-electron chi connectivity index (χ3n) is 5.94. The van der Waals surface area contributed by atoms with E-state index in [4.69, 9.17) is 4.42 Å². The minimum Gasteiger partial charge on any atom is -0.463 e. The Morgan fingerprint density at radius 3 is 2.57 bits per heavy atom. The highest BCUT2D eigenvalue weighted by atomic mass is 16.6. The number of hydrogen-bond acceptors (Lipinski definition) is 7. The second kappa shape index (κ2) is 9.46. The van der Waals surface area contributed by atoms with Crippen molar-refractivity contribution < 1.29 is 28.5 Å². The lowest BCUT2D eigenvalue weighted by molar-refractivity contribution is -0.384. The van der Waals surface area contributed by atoms with Crippen LogP contribution in [0.2, 0.25) is 0 Å². The standard InChI is InChI=1S/C26H20N4O7/c1-36-25(32)23-11-10-19(37-23)15-28-14-17(20-4-2-3-5-22(20)28)12-21-24(31)29(26(33)27-21)13-16-6-8-18(9-7-16)30(34)35/h2-12,14H,13,15H2,1H3,(H,27,33)/b21-12-. The molecule has 5 rings (SSSR count). The normalized spacial score (nSPS) is 14.4. The molecule has 1 saturated heterocycles. The summed E-state index contributed by atoms with van der Waals surface area (Å²) in [6.45, 7) is 0.302. The van der Waals surface area contributed by atoms with E-state index >= 15 is 0 Å². The zero-order valence-corrected chi connectivity index (χ0v) is 19.5. The number of non-ortho nitro benzene ring substituents is 1. The van der Waals surface area contributed by atoms with Crippen molar-refractivity contribution in [2.75, 3.05) is 7.11 Å². The summed E-state index contributed by atoms with van der Waals surface area (Å²) in [7, 11) is 1.28. The molecule has 0 bridgehead atoms. The van der Waals surface area contributed by atoms with E-state index < -0.39 is 22.8 Å². The monoisotopic (exact) mass is 500 g/mol. The Bertz CT molecular complexity index is 1580. The number of aromatic nitrogens is 1. The van der Waals surface area contributed by atoms with Gasteiger partial charge in [-0.2, -0.15) is 0 Å². The molecule has 0 spiro atoms. The summed E-state index contributed by atoms with van der Waals surface area (Å²) < 4.78 is 12.2. The van der Waals surface area contributed by atoms with Crippen LogP contribution in [0.15, 0.2) is 77.0 Å². The Hall–Kier alpha value is -5.19. The second-order valence-electron chi connectivity index (χ2n) is 8.29. The summed E-state index contributed by atoms with van der Waals surface area (Å²) in [5, 5.41) is 14.3. The van der Waals surface area contributed by atoms with Crippen LogP contribution in [0.4, 0.5) is 10.5 Å². The molecule has 0 aliphatic carbocycles. The number of methoxy groups -OCH3 is 1. The van der Waals surface area contributed by atoms with Gasteiger partial charge < -0.3 is 19.0 Å². The first kappa shape index (κ1) is 23.5. The second-order valence-corrected chi connectivity index (χ2v) is 8.29. The van der Waals surface area contributed by atoms with Crippen LogP contribution in [0.5, 0.6) is 0 Å². The van der Waals surface area contributed by atoms with Gasteiger partial charge in [0.15, 0.2) is 0 Å². The maximum absolute atomic E-state index is 13.0. The number of urea groups is 1. The first-order chi connectivity index (χ1) is 17.8. The average molecular weight is 500 g/mol. The van der Waals surface area contributed by atoms with Crippen LogP contribution < -0.4 is 5.32 Å². The highest BCUT2D eigenvalue weighted by Gasteiger charge is 2.33.